The molecule has 1 aliphatic rings. The quantitative estimate of drug-likeness (QED) is 0.907. The first-order valence-electron chi connectivity index (χ1n) is 6.41. The molecule has 0 bridgehead atoms. The van der Waals surface area contributed by atoms with Crippen LogP contribution in [-0.2, 0) is 14.4 Å². The number of nitrogens with zero attached hydrogens (tertiary/aromatic N) is 2. The van der Waals surface area contributed by atoms with Crippen molar-refractivity contribution < 1.29 is 19.5 Å². The Bertz CT molecular complexity index is 590. The molecule has 6 nitrogen and oxygen atoms in total. The Hall–Kier alpha value is -2.08. The van der Waals surface area contributed by atoms with Crippen LogP contribution in [0.25, 0.3) is 0 Å². The summed E-state index contributed by atoms with van der Waals surface area (Å²) in [6.07, 6.45) is 0.103. The molecule has 0 spiro atoms. The number of hydrogen-bond donors (Lipinski definition) is 1. The van der Waals surface area contributed by atoms with Crippen molar-refractivity contribution in [2.75, 3.05) is 25.0 Å². The van der Waals surface area contributed by atoms with Crippen LogP contribution in [0.4, 0.5) is 5.69 Å². The van der Waals surface area contributed by atoms with Crippen LogP contribution in [0.2, 0.25) is 5.02 Å². The predicted molar refractivity (Wildman–Crippen MR) is 77.2 cm³/mol. The lowest BCUT2D eigenvalue weighted by Crippen LogP contribution is -2.40. The number of carbonyl (C=O) groups is 3. The van der Waals surface area contributed by atoms with Gasteiger partial charge in [0.1, 0.15) is 6.54 Å². The molecule has 1 N–H and O–H groups in total. The molecular formula is C14H15ClN2O4. The molecule has 21 heavy (non-hydrogen) atoms. The number of aliphatic carboxylic acids is 1. The molecule has 1 atom stereocenters. The van der Waals surface area contributed by atoms with Crippen molar-refractivity contribution in [2.24, 2.45) is 5.92 Å². The average Bonchev–Trinajstić information content (AvgIpc) is 2.75. The molecule has 0 aliphatic carbocycles. The van der Waals surface area contributed by atoms with Gasteiger partial charge in [-0.2, -0.15) is 0 Å². The molecule has 1 aromatic rings. The highest BCUT2D eigenvalue weighted by Gasteiger charge is 2.35. The molecule has 1 aliphatic heterocycles. The van der Waals surface area contributed by atoms with Gasteiger partial charge >= 0.3 is 5.97 Å². The summed E-state index contributed by atoms with van der Waals surface area (Å²) in [7, 11) is 1.62. The molecule has 1 heterocycles. The molecule has 2 rings (SSSR count). The lowest BCUT2D eigenvalue weighted by atomic mass is 10.1. The smallest absolute Gasteiger partial charge is 0.323 e. The molecule has 0 radical (unpaired) electrons. The Morgan fingerprint density at radius 3 is 2.71 bits per heavy atom. The molecule has 1 fully saturated rings. The van der Waals surface area contributed by atoms with E-state index in [2.05, 4.69) is 0 Å². The van der Waals surface area contributed by atoms with Crippen molar-refractivity contribution in [2.45, 2.75) is 6.42 Å². The number of likely N-dealkylation sites (tertiary alicyclic amines) is 1. The third kappa shape index (κ3) is 3.52. The molecule has 112 valence electrons. The first-order chi connectivity index (χ1) is 9.88. The second kappa shape index (κ2) is 6.13. The van der Waals surface area contributed by atoms with Crippen LogP contribution >= 0.6 is 11.6 Å². The van der Waals surface area contributed by atoms with Gasteiger partial charge < -0.3 is 14.9 Å². The Labute approximate surface area is 126 Å². The van der Waals surface area contributed by atoms with E-state index in [1.807, 2.05) is 0 Å². The van der Waals surface area contributed by atoms with Crippen molar-refractivity contribution in [3.05, 3.63) is 29.3 Å². The van der Waals surface area contributed by atoms with Crippen LogP contribution in [0.1, 0.15) is 6.42 Å². The van der Waals surface area contributed by atoms with E-state index in [0.717, 1.165) is 4.90 Å². The van der Waals surface area contributed by atoms with E-state index in [-0.39, 0.29) is 18.2 Å². The molecule has 1 unspecified atom stereocenters. The molecule has 0 aromatic heterocycles. The number of rotatable bonds is 4. The maximum atomic E-state index is 12.5. The number of amides is 2. The second-order valence-electron chi connectivity index (χ2n) is 4.97. The SMILES string of the molecule is CN1CC(C(=O)N(CC(=O)O)c2cccc(Cl)c2)CC1=O. The van der Waals surface area contributed by atoms with Gasteiger partial charge in [0.25, 0.3) is 0 Å². The van der Waals surface area contributed by atoms with Crippen molar-refractivity contribution in [1.29, 1.82) is 0 Å². The molecule has 7 heteroatoms. The third-order valence-electron chi connectivity index (χ3n) is 3.37. The summed E-state index contributed by atoms with van der Waals surface area (Å²) in [4.78, 5) is 37.7. The van der Waals surface area contributed by atoms with Crippen LogP contribution in [0.15, 0.2) is 24.3 Å². The molecule has 2 amide bonds. The highest BCUT2D eigenvalue weighted by atomic mass is 35.5. The minimum Gasteiger partial charge on any atom is -0.480 e. The normalized spacial score (nSPS) is 17.9. The number of halogens is 1. The summed E-state index contributed by atoms with van der Waals surface area (Å²) in [5.74, 6) is -2.14. The summed E-state index contributed by atoms with van der Waals surface area (Å²) >= 11 is 5.89. The topological polar surface area (TPSA) is 77.9 Å². The fraction of sp³-hybridized carbons (Fsp3) is 0.357. The molecular weight excluding hydrogens is 296 g/mol. The summed E-state index contributed by atoms with van der Waals surface area (Å²) in [6.45, 7) is -0.165. The third-order valence-corrected chi connectivity index (χ3v) is 3.60. The minimum atomic E-state index is -1.12. The Morgan fingerprint density at radius 1 is 1.48 bits per heavy atom. The Kier molecular flexibility index (Phi) is 4.47. The monoisotopic (exact) mass is 310 g/mol. The van der Waals surface area contributed by atoms with Gasteiger partial charge in [0, 0.05) is 30.7 Å². The maximum Gasteiger partial charge on any atom is 0.323 e. The van der Waals surface area contributed by atoms with E-state index in [1.165, 1.54) is 11.0 Å². The van der Waals surface area contributed by atoms with E-state index in [9.17, 15) is 14.4 Å². The number of carboxylic acids is 1. The van der Waals surface area contributed by atoms with E-state index < -0.39 is 18.4 Å². The standard InChI is InChI=1S/C14H15ClN2O4/c1-16-7-9(5-12(16)18)14(21)17(8-13(19)20)11-4-2-3-10(15)6-11/h2-4,6,9H,5,7-8H2,1H3,(H,19,20). The predicted octanol–water partition coefficient (Wildman–Crippen LogP) is 1.24. The van der Waals surface area contributed by atoms with Gasteiger partial charge in [0.05, 0.1) is 5.92 Å². The van der Waals surface area contributed by atoms with Crippen molar-refractivity contribution in [3.63, 3.8) is 0 Å². The number of carboxylic acid groups (broad SMARTS) is 1. The van der Waals surface area contributed by atoms with Crippen LogP contribution < -0.4 is 4.90 Å². The number of benzene rings is 1. The zero-order valence-corrected chi connectivity index (χ0v) is 12.2. The summed E-state index contributed by atoms with van der Waals surface area (Å²) < 4.78 is 0. The van der Waals surface area contributed by atoms with Crippen LogP contribution in [0.3, 0.4) is 0 Å². The Morgan fingerprint density at radius 2 is 2.19 bits per heavy atom. The minimum absolute atomic E-state index is 0.103. The van der Waals surface area contributed by atoms with Gasteiger partial charge in [-0.1, -0.05) is 17.7 Å². The van der Waals surface area contributed by atoms with Crippen LogP contribution in [0.5, 0.6) is 0 Å². The van der Waals surface area contributed by atoms with Crippen molar-refractivity contribution >= 4 is 35.1 Å². The molecule has 1 aromatic carbocycles. The van der Waals surface area contributed by atoms with E-state index in [1.54, 1.807) is 25.2 Å². The summed E-state index contributed by atoms with van der Waals surface area (Å²) in [6, 6.07) is 6.43. The Balaban J connectivity index is 2.26. The number of hydrogen-bond acceptors (Lipinski definition) is 3. The fourth-order valence-corrected chi connectivity index (χ4v) is 2.51. The lowest BCUT2D eigenvalue weighted by molar-refractivity contribution is -0.137. The van der Waals surface area contributed by atoms with E-state index in [4.69, 9.17) is 16.7 Å². The van der Waals surface area contributed by atoms with Gasteiger partial charge in [-0.3, -0.25) is 14.4 Å². The highest BCUT2D eigenvalue weighted by molar-refractivity contribution is 6.31. The summed E-state index contributed by atoms with van der Waals surface area (Å²) in [5, 5.41) is 9.42. The van der Waals surface area contributed by atoms with Gasteiger partial charge in [-0.15, -0.1) is 0 Å². The lowest BCUT2D eigenvalue weighted by Gasteiger charge is -2.24. The summed E-state index contributed by atoms with van der Waals surface area (Å²) in [5.41, 5.74) is 0.414. The van der Waals surface area contributed by atoms with Crippen LogP contribution in [-0.4, -0.2) is 47.9 Å². The second-order valence-corrected chi connectivity index (χ2v) is 5.41. The van der Waals surface area contributed by atoms with E-state index in [0.29, 0.717) is 17.3 Å². The number of anilines is 1. The van der Waals surface area contributed by atoms with Gasteiger partial charge in [0.2, 0.25) is 11.8 Å². The maximum absolute atomic E-state index is 12.5. The first-order valence-corrected chi connectivity index (χ1v) is 6.79. The zero-order chi connectivity index (χ0) is 15.6. The van der Waals surface area contributed by atoms with Crippen LogP contribution in [0, 0.1) is 5.92 Å². The zero-order valence-electron chi connectivity index (χ0n) is 11.5. The number of carbonyl (C=O) groups excluding carboxylic acids is 2. The van der Waals surface area contributed by atoms with Crippen molar-refractivity contribution in [3.8, 4) is 0 Å². The first kappa shape index (κ1) is 15.3. The van der Waals surface area contributed by atoms with Gasteiger partial charge in [-0.05, 0) is 18.2 Å². The van der Waals surface area contributed by atoms with E-state index >= 15 is 0 Å². The molecule has 1 saturated heterocycles. The largest absolute Gasteiger partial charge is 0.480 e. The van der Waals surface area contributed by atoms with Gasteiger partial charge in [-0.25, -0.2) is 0 Å². The fourth-order valence-electron chi connectivity index (χ4n) is 2.33. The molecule has 0 saturated carbocycles. The van der Waals surface area contributed by atoms with Crippen molar-refractivity contribution in [1.82, 2.24) is 4.90 Å². The highest BCUT2D eigenvalue weighted by Crippen LogP contribution is 2.24. The van der Waals surface area contributed by atoms with Gasteiger partial charge in [0.15, 0.2) is 0 Å². The average molecular weight is 311 g/mol.